The normalized spacial score (nSPS) is 13.6. The Morgan fingerprint density at radius 2 is 1.95 bits per heavy atom. The van der Waals surface area contributed by atoms with Crippen LogP contribution in [0.4, 0.5) is 5.82 Å². The van der Waals surface area contributed by atoms with Crippen LogP contribution in [0, 0.1) is 6.92 Å². The van der Waals surface area contributed by atoms with Crippen LogP contribution in [0.5, 0.6) is 11.5 Å². The van der Waals surface area contributed by atoms with Crippen LogP contribution in [0.15, 0.2) is 30.6 Å². The molecule has 0 atom stereocenters. The first-order chi connectivity index (χ1) is 10.2. The average molecular weight is 282 g/mol. The number of ether oxygens (including phenoxy) is 2. The molecule has 1 aliphatic rings. The molecule has 0 unspecified atom stereocenters. The zero-order valence-corrected chi connectivity index (χ0v) is 11.5. The maximum atomic E-state index is 5.83. The van der Waals surface area contributed by atoms with Gasteiger partial charge in [0.15, 0.2) is 17.3 Å². The van der Waals surface area contributed by atoms with Crippen LogP contribution < -0.4 is 15.2 Å². The number of nitrogens with zero attached hydrogens (tertiary/aromatic N) is 3. The Balaban J connectivity index is 1.96. The highest BCUT2D eigenvalue weighted by Crippen LogP contribution is 2.36. The molecule has 0 bridgehead atoms. The summed E-state index contributed by atoms with van der Waals surface area (Å²) in [5, 5.41) is 6.27. The lowest BCUT2D eigenvalue weighted by Gasteiger charge is -2.19. The SMILES string of the molecule is Cc1cn(-c2nccc3cc4c(cc23)OCCO4)nc1N. The molecular formula is C15H14N4O2. The summed E-state index contributed by atoms with van der Waals surface area (Å²) in [6, 6.07) is 5.85. The molecule has 21 heavy (non-hydrogen) atoms. The molecule has 0 aliphatic carbocycles. The molecule has 0 saturated carbocycles. The summed E-state index contributed by atoms with van der Waals surface area (Å²) in [6.45, 7) is 3.05. The minimum Gasteiger partial charge on any atom is -0.486 e. The minimum atomic E-state index is 0.506. The number of hydrogen-bond acceptors (Lipinski definition) is 5. The Labute approximate surface area is 121 Å². The van der Waals surface area contributed by atoms with Gasteiger partial charge in [0.25, 0.3) is 0 Å². The van der Waals surface area contributed by atoms with Crippen molar-refractivity contribution < 1.29 is 9.47 Å². The van der Waals surface area contributed by atoms with Gasteiger partial charge in [0, 0.05) is 23.3 Å². The summed E-state index contributed by atoms with van der Waals surface area (Å²) in [6.07, 6.45) is 3.62. The van der Waals surface area contributed by atoms with E-state index in [0.29, 0.717) is 19.0 Å². The Bertz CT molecular complexity index is 822. The zero-order valence-electron chi connectivity index (χ0n) is 11.5. The summed E-state index contributed by atoms with van der Waals surface area (Å²) >= 11 is 0. The van der Waals surface area contributed by atoms with E-state index in [1.807, 2.05) is 31.3 Å². The predicted octanol–water partition coefficient (Wildman–Crippen LogP) is 2.08. The van der Waals surface area contributed by atoms with Crippen molar-refractivity contribution in [3.05, 3.63) is 36.2 Å². The first kappa shape index (κ1) is 12.0. The van der Waals surface area contributed by atoms with E-state index in [1.165, 1.54) is 0 Å². The molecule has 4 rings (SSSR count). The van der Waals surface area contributed by atoms with Crippen molar-refractivity contribution in [2.45, 2.75) is 6.92 Å². The molecule has 2 N–H and O–H groups in total. The monoisotopic (exact) mass is 282 g/mol. The topological polar surface area (TPSA) is 75.2 Å². The minimum absolute atomic E-state index is 0.506. The van der Waals surface area contributed by atoms with Gasteiger partial charge >= 0.3 is 0 Å². The standard InChI is InChI=1S/C15H14N4O2/c1-9-8-19(18-14(9)16)15-11-7-13-12(20-4-5-21-13)6-10(11)2-3-17-15/h2-3,6-8H,4-5H2,1H3,(H2,16,18). The van der Waals surface area contributed by atoms with E-state index in [4.69, 9.17) is 15.2 Å². The van der Waals surface area contributed by atoms with Crippen molar-refractivity contribution in [2.75, 3.05) is 18.9 Å². The van der Waals surface area contributed by atoms with Crippen molar-refractivity contribution in [1.29, 1.82) is 0 Å². The predicted molar refractivity (Wildman–Crippen MR) is 79.0 cm³/mol. The second kappa shape index (κ2) is 4.37. The van der Waals surface area contributed by atoms with Crippen LogP contribution in [0.3, 0.4) is 0 Å². The third kappa shape index (κ3) is 1.87. The van der Waals surface area contributed by atoms with Gasteiger partial charge < -0.3 is 15.2 Å². The highest BCUT2D eigenvalue weighted by atomic mass is 16.6. The van der Waals surface area contributed by atoms with Crippen molar-refractivity contribution in [2.24, 2.45) is 0 Å². The molecule has 0 fully saturated rings. The summed E-state index contributed by atoms with van der Waals surface area (Å²) in [7, 11) is 0. The molecule has 3 heterocycles. The maximum absolute atomic E-state index is 5.83. The summed E-state index contributed by atoms with van der Waals surface area (Å²) in [4.78, 5) is 4.43. The van der Waals surface area contributed by atoms with E-state index in [1.54, 1.807) is 10.9 Å². The van der Waals surface area contributed by atoms with Gasteiger partial charge in [0.05, 0.1) is 0 Å². The number of nitrogens with two attached hydrogens (primary N) is 1. The van der Waals surface area contributed by atoms with Gasteiger partial charge in [0.1, 0.15) is 19.0 Å². The first-order valence-electron chi connectivity index (χ1n) is 6.73. The molecule has 0 radical (unpaired) electrons. The fourth-order valence-corrected chi connectivity index (χ4v) is 2.46. The number of rotatable bonds is 1. The summed E-state index contributed by atoms with van der Waals surface area (Å²) in [5.41, 5.74) is 6.75. The van der Waals surface area contributed by atoms with Crippen LogP contribution in [-0.2, 0) is 0 Å². The molecule has 1 aliphatic heterocycles. The van der Waals surface area contributed by atoms with Gasteiger partial charge in [-0.3, -0.25) is 0 Å². The van der Waals surface area contributed by atoms with Crippen LogP contribution in [0.2, 0.25) is 0 Å². The number of aryl methyl sites for hydroxylation is 1. The Kier molecular flexibility index (Phi) is 2.50. The Morgan fingerprint density at radius 1 is 1.19 bits per heavy atom. The van der Waals surface area contributed by atoms with Crippen LogP contribution >= 0.6 is 0 Å². The second-order valence-corrected chi connectivity index (χ2v) is 4.99. The highest BCUT2D eigenvalue weighted by molar-refractivity contribution is 5.91. The van der Waals surface area contributed by atoms with Crippen molar-refractivity contribution in [3.8, 4) is 17.3 Å². The summed E-state index contributed by atoms with van der Waals surface area (Å²) < 4.78 is 13.0. The molecule has 0 spiro atoms. The maximum Gasteiger partial charge on any atom is 0.162 e. The van der Waals surface area contributed by atoms with Crippen molar-refractivity contribution in [3.63, 3.8) is 0 Å². The number of benzene rings is 1. The fourth-order valence-electron chi connectivity index (χ4n) is 2.46. The largest absolute Gasteiger partial charge is 0.486 e. The van der Waals surface area contributed by atoms with E-state index in [0.717, 1.165) is 33.7 Å². The Morgan fingerprint density at radius 3 is 2.67 bits per heavy atom. The number of aromatic nitrogens is 3. The molecule has 6 heteroatoms. The first-order valence-corrected chi connectivity index (χ1v) is 6.73. The molecular weight excluding hydrogens is 268 g/mol. The lowest BCUT2D eigenvalue weighted by atomic mass is 10.1. The lowest BCUT2D eigenvalue weighted by molar-refractivity contribution is 0.172. The van der Waals surface area contributed by atoms with Crippen LogP contribution in [0.25, 0.3) is 16.6 Å². The summed E-state index contributed by atoms with van der Waals surface area (Å²) in [5.74, 6) is 2.73. The van der Waals surface area contributed by atoms with Gasteiger partial charge in [-0.2, -0.15) is 0 Å². The molecule has 6 nitrogen and oxygen atoms in total. The van der Waals surface area contributed by atoms with E-state index in [2.05, 4.69) is 10.1 Å². The van der Waals surface area contributed by atoms with Gasteiger partial charge in [0.2, 0.25) is 0 Å². The van der Waals surface area contributed by atoms with Gasteiger partial charge in [-0.15, -0.1) is 5.10 Å². The molecule has 106 valence electrons. The third-order valence-corrected chi connectivity index (χ3v) is 3.56. The van der Waals surface area contributed by atoms with Gasteiger partial charge in [-0.05, 0) is 30.5 Å². The molecule has 2 aromatic heterocycles. The van der Waals surface area contributed by atoms with E-state index < -0.39 is 0 Å². The number of hydrogen-bond donors (Lipinski definition) is 1. The van der Waals surface area contributed by atoms with Gasteiger partial charge in [-0.25, -0.2) is 9.67 Å². The molecule has 3 aromatic rings. The molecule has 0 saturated heterocycles. The molecule has 1 aromatic carbocycles. The fraction of sp³-hybridized carbons (Fsp3) is 0.200. The highest BCUT2D eigenvalue weighted by Gasteiger charge is 2.16. The zero-order chi connectivity index (χ0) is 14.4. The van der Waals surface area contributed by atoms with Crippen LogP contribution in [0.1, 0.15) is 5.56 Å². The number of pyridine rings is 1. The average Bonchev–Trinajstić information content (AvgIpc) is 2.84. The second-order valence-electron chi connectivity index (χ2n) is 4.99. The quantitative estimate of drug-likeness (QED) is 0.739. The number of anilines is 1. The smallest absolute Gasteiger partial charge is 0.162 e. The Hall–Kier alpha value is -2.76. The number of nitrogen functional groups attached to an aromatic ring is 1. The van der Waals surface area contributed by atoms with Crippen LogP contribution in [-0.4, -0.2) is 28.0 Å². The van der Waals surface area contributed by atoms with Crippen molar-refractivity contribution >= 4 is 16.6 Å². The molecule has 0 amide bonds. The third-order valence-electron chi connectivity index (χ3n) is 3.56. The van der Waals surface area contributed by atoms with Crippen molar-refractivity contribution in [1.82, 2.24) is 14.8 Å². The number of fused-ring (bicyclic) bond motifs is 2. The lowest BCUT2D eigenvalue weighted by Crippen LogP contribution is -2.15. The van der Waals surface area contributed by atoms with E-state index in [9.17, 15) is 0 Å². The van der Waals surface area contributed by atoms with E-state index in [-0.39, 0.29) is 0 Å². The van der Waals surface area contributed by atoms with Gasteiger partial charge in [-0.1, -0.05) is 0 Å². The van der Waals surface area contributed by atoms with E-state index >= 15 is 0 Å².